The number of hydrogen-bond donors (Lipinski definition) is 1. The molecule has 0 unspecified atom stereocenters. The minimum Gasteiger partial charge on any atom is -0.505 e. The van der Waals surface area contributed by atoms with E-state index in [4.69, 9.17) is 0 Å². The number of fused-ring (bicyclic) bond motifs is 1. The van der Waals surface area contributed by atoms with Crippen LogP contribution in [0.15, 0.2) is 54.2 Å². The minimum atomic E-state index is -0.667. The molecular formula is C30H38N4O3. The molecule has 1 amide bonds. The largest absolute Gasteiger partial charge is 0.505 e. The van der Waals surface area contributed by atoms with Crippen LogP contribution in [0.3, 0.4) is 0 Å². The summed E-state index contributed by atoms with van der Waals surface area (Å²) in [6, 6.07) is 12.9. The van der Waals surface area contributed by atoms with E-state index in [-0.39, 0.29) is 16.7 Å². The first-order chi connectivity index (χ1) is 17.6. The molecule has 1 aliphatic heterocycles. The summed E-state index contributed by atoms with van der Waals surface area (Å²) in [7, 11) is 0. The van der Waals surface area contributed by atoms with E-state index in [0.29, 0.717) is 23.6 Å². The first-order valence-corrected chi connectivity index (χ1v) is 13.1. The van der Waals surface area contributed by atoms with E-state index < -0.39 is 17.7 Å². The van der Waals surface area contributed by atoms with Crippen LogP contribution in [0.2, 0.25) is 0 Å². The molecule has 1 fully saturated rings. The van der Waals surface area contributed by atoms with Crippen molar-refractivity contribution in [2.45, 2.75) is 59.4 Å². The first kappa shape index (κ1) is 26.6. The Balaban J connectivity index is 1.82. The van der Waals surface area contributed by atoms with Crippen molar-refractivity contribution in [1.82, 2.24) is 19.2 Å². The second-order valence-electron chi connectivity index (χ2n) is 10.7. The number of nitrogens with zero attached hydrogens (tertiary/aromatic N) is 4. The lowest BCUT2D eigenvalue weighted by atomic mass is 9.85. The summed E-state index contributed by atoms with van der Waals surface area (Å²) >= 11 is 0. The van der Waals surface area contributed by atoms with Crippen LogP contribution in [0.4, 0.5) is 0 Å². The summed E-state index contributed by atoms with van der Waals surface area (Å²) in [5, 5.41) is 11.6. The zero-order valence-electron chi connectivity index (χ0n) is 22.8. The lowest BCUT2D eigenvalue weighted by Gasteiger charge is -2.27. The van der Waals surface area contributed by atoms with Crippen molar-refractivity contribution in [2.75, 3.05) is 26.2 Å². The molecule has 1 aromatic carbocycles. The Kier molecular flexibility index (Phi) is 7.55. The highest BCUT2D eigenvalue weighted by atomic mass is 16.3. The van der Waals surface area contributed by atoms with Gasteiger partial charge in [-0.1, -0.05) is 65.0 Å². The quantitative estimate of drug-likeness (QED) is 0.264. The summed E-state index contributed by atoms with van der Waals surface area (Å²) in [5.41, 5.74) is 3.76. The Bertz CT molecular complexity index is 1330. The van der Waals surface area contributed by atoms with Crippen molar-refractivity contribution in [3.05, 3.63) is 76.7 Å². The van der Waals surface area contributed by atoms with Gasteiger partial charge in [0.05, 0.1) is 17.3 Å². The topological polar surface area (TPSA) is 78.2 Å². The zero-order chi connectivity index (χ0) is 26.9. The number of imidazole rings is 1. The number of carbonyl (C=O) groups is 2. The summed E-state index contributed by atoms with van der Waals surface area (Å²) in [6.07, 6.45) is 2.54. The molecular weight excluding hydrogens is 464 g/mol. The average Bonchev–Trinajstić information content (AvgIpc) is 3.34. The number of pyridine rings is 1. The monoisotopic (exact) mass is 502 g/mol. The van der Waals surface area contributed by atoms with Gasteiger partial charge in [0, 0.05) is 12.7 Å². The van der Waals surface area contributed by atoms with Crippen LogP contribution < -0.4 is 0 Å². The van der Waals surface area contributed by atoms with Crippen molar-refractivity contribution in [2.24, 2.45) is 0 Å². The van der Waals surface area contributed by atoms with Crippen LogP contribution in [0, 0.1) is 6.92 Å². The molecule has 1 saturated heterocycles. The molecule has 37 heavy (non-hydrogen) atoms. The number of ketones is 1. The van der Waals surface area contributed by atoms with Crippen molar-refractivity contribution < 1.29 is 14.7 Å². The number of aromatic nitrogens is 2. The maximum atomic E-state index is 13.5. The SMILES string of the molecule is CCN(CC)CCCN1C(=O)C(=O)/C(=C(/O)c2c(C)nc3ccccn23)[C@@H]1c1ccc(C(C)(C)C)cc1. The molecule has 0 aliphatic carbocycles. The van der Waals surface area contributed by atoms with Crippen molar-refractivity contribution in [1.29, 1.82) is 0 Å². The third-order valence-corrected chi connectivity index (χ3v) is 7.33. The van der Waals surface area contributed by atoms with Crippen LogP contribution in [0.1, 0.15) is 69.6 Å². The summed E-state index contributed by atoms with van der Waals surface area (Å²) < 4.78 is 1.76. The van der Waals surface area contributed by atoms with Gasteiger partial charge in [-0.05, 0) is 61.7 Å². The lowest BCUT2D eigenvalue weighted by molar-refractivity contribution is -0.140. The number of rotatable bonds is 8. The molecule has 0 saturated carbocycles. The van der Waals surface area contributed by atoms with Crippen LogP contribution in [0.5, 0.6) is 0 Å². The molecule has 0 radical (unpaired) electrons. The van der Waals surface area contributed by atoms with E-state index in [2.05, 4.69) is 44.5 Å². The van der Waals surface area contributed by atoms with Crippen LogP contribution in [-0.2, 0) is 15.0 Å². The molecule has 7 heteroatoms. The average molecular weight is 503 g/mol. The fourth-order valence-electron chi connectivity index (χ4n) is 5.15. The molecule has 2 aromatic heterocycles. The van der Waals surface area contributed by atoms with Gasteiger partial charge in [0.2, 0.25) is 0 Å². The molecule has 3 heterocycles. The van der Waals surface area contributed by atoms with Gasteiger partial charge in [0.15, 0.2) is 5.76 Å². The Labute approximate surface area is 219 Å². The van der Waals surface area contributed by atoms with E-state index in [1.54, 1.807) is 22.4 Å². The molecule has 196 valence electrons. The smallest absolute Gasteiger partial charge is 0.295 e. The summed E-state index contributed by atoms with van der Waals surface area (Å²) in [5.74, 6) is -1.42. The number of carbonyl (C=O) groups excluding carboxylic acids is 2. The van der Waals surface area contributed by atoms with Gasteiger partial charge in [-0.3, -0.25) is 14.0 Å². The predicted molar refractivity (Wildman–Crippen MR) is 146 cm³/mol. The highest BCUT2D eigenvalue weighted by Crippen LogP contribution is 2.40. The van der Waals surface area contributed by atoms with Gasteiger partial charge >= 0.3 is 0 Å². The maximum Gasteiger partial charge on any atom is 0.295 e. The molecule has 7 nitrogen and oxygen atoms in total. The third kappa shape index (κ3) is 5.05. The highest BCUT2D eigenvalue weighted by Gasteiger charge is 2.46. The fraction of sp³-hybridized carbons (Fsp3) is 0.433. The van der Waals surface area contributed by atoms with E-state index in [1.165, 1.54) is 0 Å². The number of likely N-dealkylation sites (tertiary alicyclic amines) is 1. The highest BCUT2D eigenvalue weighted by molar-refractivity contribution is 6.46. The van der Waals surface area contributed by atoms with Crippen LogP contribution >= 0.6 is 0 Å². The second-order valence-corrected chi connectivity index (χ2v) is 10.7. The van der Waals surface area contributed by atoms with E-state index in [1.807, 2.05) is 42.5 Å². The Morgan fingerprint density at radius 3 is 2.35 bits per heavy atom. The van der Waals surface area contributed by atoms with Gasteiger partial charge in [-0.2, -0.15) is 0 Å². The number of aliphatic hydroxyl groups is 1. The normalized spacial score (nSPS) is 17.9. The maximum absolute atomic E-state index is 13.5. The third-order valence-electron chi connectivity index (χ3n) is 7.33. The second kappa shape index (κ2) is 10.5. The minimum absolute atomic E-state index is 0.0300. The summed E-state index contributed by atoms with van der Waals surface area (Å²) in [4.78, 5) is 35.3. The number of aliphatic hydroxyl groups excluding tert-OH is 1. The van der Waals surface area contributed by atoms with Gasteiger partial charge in [0.1, 0.15) is 11.3 Å². The van der Waals surface area contributed by atoms with Crippen molar-refractivity contribution >= 4 is 23.1 Å². The standard InChI is InChI=1S/C30H38N4O3/c1-7-32(8-2)17-11-19-34-26(21-13-15-22(16-14-21)30(4,5)6)24(28(36)29(34)37)27(35)25-20(3)31-23-12-9-10-18-33(23)25/h9-10,12-16,18,26,35H,7-8,11,17,19H2,1-6H3/b27-24+/t26-/m0/s1. The molecule has 1 aliphatic rings. The van der Waals surface area contributed by atoms with Crippen molar-refractivity contribution in [3.8, 4) is 0 Å². The molecule has 1 N–H and O–H groups in total. The van der Waals surface area contributed by atoms with Crippen LogP contribution in [-0.4, -0.2) is 62.2 Å². The molecule has 1 atom stereocenters. The number of hydrogen-bond acceptors (Lipinski definition) is 5. The van der Waals surface area contributed by atoms with Gasteiger partial charge in [-0.25, -0.2) is 4.98 Å². The number of benzene rings is 1. The molecule has 0 spiro atoms. The Hall–Kier alpha value is -3.45. The molecule has 0 bridgehead atoms. The molecule has 3 aromatic rings. The van der Waals surface area contributed by atoms with Crippen LogP contribution in [0.25, 0.3) is 11.4 Å². The summed E-state index contributed by atoms with van der Waals surface area (Å²) in [6.45, 7) is 15.6. The predicted octanol–water partition coefficient (Wildman–Crippen LogP) is 5.09. The Morgan fingerprint density at radius 1 is 1.05 bits per heavy atom. The number of Topliss-reactive ketones (excluding diaryl/α,β-unsaturated/α-hetero) is 1. The van der Waals surface area contributed by atoms with Gasteiger partial charge in [0.25, 0.3) is 11.7 Å². The first-order valence-electron chi connectivity index (χ1n) is 13.1. The van der Waals surface area contributed by atoms with Gasteiger partial charge in [-0.15, -0.1) is 0 Å². The Morgan fingerprint density at radius 2 is 1.73 bits per heavy atom. The van der Waals surface area contributed by atoms with E-state index in [0.717, 1.165) is 37.2 Å². The zero-order valence-corrected chi connectivity index (χ0v) is 22.8. The number of aryl methyl sites for hydroxylation is 1. The van der Waals surface area contributed by atoms with E-state index >= 15 is 0 Å². The molecule has 4 rings (SSSR count). The van der Waals surface area contributed by atoms with Gasteiger partial charge < -0.3 is 14.9 Å². The van der Waals surface area contributed by atoms with E-state index in [9.17, 15) is 14.7 Å². The van der Waals surface area contributed by atoms with Crippen molar-refractivity contribution in [3.63, 3.8) is 0 Å². The lowest BCUT2D eigenvalue weighted by Crippen LogP contribution is -2.33. The fourth-order valence-corrected chi connectivity index (χ4v) is 5.15. The number of amides is 1.